The molecular weight excluding hydrogens is 264 g/mol. The first-order valence-electron chi connectivity index (χ1n) is 7.97. The van der Waals surface area contributed by atoms with Crippen LogP contribution in [0.5, 0.6) is 0 Å². The molecule has 0 aromatic heterocycles. The zero-order chi connectivity index (χ0) is 13.1. The predicted molar refractivity (Wildman–Crippen MR) is 82.4 cm³/mol. The van der Waals surface area contributed by atoms with E-state index < -0.39 is 16.2 Å². The predicted octanol–water partition coefficient (Wildman–Crippen LogP) is 4.81. The van der Waals surface area contributed by atoms with E-state index in [0.29, 0.717) is 0 Å². The molecule has 1 unspecified atom stereocenters. The molecule has 0 amide bonds. The normalized spacial score (nSPS) is 13.1. The molecule has 0 fully saturated rings. The van der Waals surface area contributed by atoms with Gasteiger partial charge >= 0.3 is 115 Å². The van der Waals surface area contributed by atoms with Crippen LogP contribution in [0, 0.1) is 0 Å². The summed E-state index contributed by atoms with van der Waals surface area (Å²) in [7, 11) is 0. The zero-order valence-electron chi connectivity index (χ0n) is 13.0. The second kappa shape index (κ2) is 11.7. The summed E-state index contributed by atoms with van der Waals surface area (Å²) in [6.07, 6.45) is 5.71. The molecular formula is C15H34GaN. The minimum absolute atomic E-state index is 0.867. The van der Waals surface area contributed by atoms with E-state index in [2.05, 4.69) is 39.5 Å². The maximum absolute atomic E-state index is 2.66. The molecule has 0 aromatic rings. The Bertz CT molecular complexity index is 151. The molecule has 2 heteroatoms. The summed E-state index contributed by atoms with van der Waals surface area (Å²) in [6.45, 7) is 14.2. The Balaban J connectivity index is 4.08. The Morgan fingerprint density at radius 3 is 1.71 bits per heavy atom. The molecule has 0 bridgehead atoms. The summed E-state index contributed by atoms with van der Waals surface area (Å²) in [5.74, 6) is 0. The average molecular weight is 298 g/mol. The molecule has 0 aliphatic heterocycles. The van der Waals surface area contributed by atoms with Gasteiger partial charge in [0.05, 0.1) is 0 Å². The van der Waals surface area contributed by atoms with Gasteiger partial charge in [-0.25, -0.2) is 0 Å². The third-order valence-corrected chi connectivity index (χ3v) is 12.4. The molecule has 1 atom stereocenters. The summed E-state index contributed by atoms with van der Waals surface area (Å²) in [5.41, 5.74) is 0. The summed E-state index contributed by atoms with van der Waals surface area (Å²) < 4.78 is 0. The Morgan fingerprint density at radius 1 is 0.824 bits per heavy atom. The van der Waals surface area contributed by atoms with Gasteiger partial charge in [0.15, 0.2) is 0 Å². The van der Waals surface area contributed by atoms with Gasteiger partial charge in [-0.15, -0.1) is 0 Å². The standard InChI is InChI=1S/C9H20N.2C3H7.Ga/c1-5-9(6-2)10(7-3)8-4;2*1-3-2;/h9H,1,5-8H2,2-4H3;2*1,3H2,2H3;. The van der Waals surface area contributed by atoms with Crippen LogP contribution in [0.3, 0.4) is 0 Å². The van der Waals surface area contributed by atoms with Gasteiger partial charge in [0, 0.05) is 0 Å². The average Bonchev–Trinajstić information content (AvgIpc) is 2.34. The number of hydrogen-bond acceptors (Lipinski definition) is 1. The van der Waals surface area contributed by atoms with E-state index in [9.17, 15) is 0 Å². The number of nitrogens with zero attached hydrogens (tertiary/aromatic N) is 1. The van der Waals surface area contributed by atoms with Crippen LogP contribution in [0.25, 0.3) is 0 Å². The van der Waals surface area contributed by atoms with E-state index in [1.54, 1.807) is 14.9 Å². The monoisotopic (exact) mass is 297 g/mol. The zero-order valence-corrected chi connectivity index (χ0v) is 15.4. The Hall–Kier alpha value is 0.596. The van der Waals surface area contributed by atoms with Crippen LogP contribution in [-0.4, -0.2) is 40.2 Å². The van der Waals surface area contributed by atoms with E-state index in [1.165, 1.54) is 38.8 Å². The van der Waals surface area contributed by atoms with Crippen LogP contribution in [0.4, 0.5) is 0 Å². The molecule has 17 heavy (non-hydrogen) atoms. The number of rotatable bonds is 11. The van der Waals surface area contributed by atoms with Crippen molar-refractivity contribution in [3.8, 4) is 0 Å². The van der Waals surface area contributed by atoms with Crippen molar-refractivity contribution in [1.29, 1.82) is 0 Å². The van der Waals surface area contributed by atoms with E-state index in [1.807, 2.05) is 0 Å². The Kier molecular flexibility index (Phi) is 12.1. The van der Waals surface area contributed by atoms with Crippen LogP contribution in [-0.2, 0) is 0 Å². The van der Waals surface area contributed by atoms with E-state index >= 15 is 0 Å². The van der Waals surface area contributed by atoms with Crippen LogP contribution in [0.1, 0.15) is 60.3 Å². The quantitative estimate of drug-likeness (QED) is 0.495. The van der Waals surface area contributed by atoms with Gasteiger partial charge in [0.1, 0.15) is 0 Å². The fourth-order valence-corrected chi connectivity index (χ4v) is 10.1. The van der Waals surface area contributed by atoms with Crippen molar-refractivity contribution in [3.05, 3.63) is 0 Å². The number of hydrogen-bond donors (Lipinski definition) is 0. The van der Waals surface area contributed by atoms with Crippen LogP contribution in [0.2, 0.25) is 14.9 Å². The van der Waals surface area contributed by atoms with Gasteiger partial charge < -0.3 is 0 Å². The molecule has 0 spiro atoms. The third-order valence-electron chi connectivity index (χ3n) is 4.10. The first-order valence-corrected chi connectivity index (χ1v) is 13.1. The second-order valence-corrected chi connectivity index (χ2v) is 12.6. The molecule has 0 saturated carbocycles. The van der Waals surface area contributed by atoms with Crippen LogP contribution < -0.4 is 0 Å². The fourth-order valence-electron chi connectivity index (χ4n) is 3.06. The molecule has 0 saturated heterocycles. The molecule has 0 N–H and O–H groups in total. The van der Waals surface area contributed by atoms with E-state index in [-0.39, 0.29) is 0 Å². The molecule has 0 rings (SSSR count). The van der Waals surface area contributed by atoms with Crippen molar-refractivity contribution < 1.29 is 0 Å². The molecule has 102 valence electrons. The molecule has 0 radical (unpaired) electrons. The second-order valence-electron chi connectivity index (χ2n) is 5.30. The topological polar surface area (TPSA) is 3.24 Å². The van der Waals surface area contributed by atoms with Crippen molar-refractivity contribution in [1.82, 2.24) is 4.90 Å². The first-order chi connectivity index (χ1) is 8.23. The maximum atomic E-state index is 2.66. The van der Waals surface area contributed by atoms with Crippen molar-refractivity contribution in [2.75, 3.05) is 13.1 Å². The van der Waals surface area contributed by atoms with Gasteiger partial charge in [-0.1, -0.05) is 0 Å². The van der Waals surface area contributed by atoms with Crippen molar-refractivity contribution in [2.24, 2.45) is 0 Å². The Morgan fingerprint density at radius 2 is 1.35 bits per heavy atom. The van der Waals surface area contributed by atoms with Gasteiger partial charge in [0.25, 0.3) is 0 Å². The third kappa shape index (κ3) is 7.58. The molecule has 1 nitrogen and oxygen atoms in total. The van der Waals surface area contributed by atoms with E-state index in [4.69, 9.17) is 0 Å². The van der Waals surface area contributed by atoms with Crippen molar-refractivity contribution >= 4 is 16.2 Å². The summed E-state index contributed by atoms with van der Waals surface area (Å²) >= 11 is -0.875. The summed E-state index contributed by atoms with van der Waals surface area (Å²) in [5, 5.41) is 0. The van der Waals surface area contributed by atoms with Gasteiger partial charge in [-0.3, -0.25) is 0 Å². The minimum atomic E-state index is -0.875. The molecule has 0 aliphatic rings. The van der Waals surface area contributed by atoms with Gasteiger partial charge in [-0.2, -0.15) is 0 Å². The van der Waals surface area contributed by atoms with Crippen molar-refractivity contribution in [3.63, 3.8) is 0 Å². The molecule has 0 aromatic carbocycles. The SMILES string of the molecule is CC[CH2][Ga]([CH2]CC)[CH2]CC(CC)N(CC)CC. The first kappa shape index (κ1) is 17.6. The van der Waals surface area contributed by atoms with Gasteiger partial charge in [-0.05, 0) is 0 Å². The summed E-state index contributed by atoms with van der Waals surface area (Å²) in [4.78, 5) is 7.53. The fraction of sp³-hybridized carbons (Fsp3) is 1.00. The van der Waals surface area contributed by atoms with E-state index in [0.717, 1.165) is 6.04 Å². The summed E-state index contributed by atoms with van der Waals surface area (Å²) in [6, 6.07) is 0.867. The van der Waals surface area contributed by atoms with Crippen LogP contribution >= 0.6 is 0 Å². The van der Waals surface area contributed by atoms with Gasteiger partial charge in [0.2, 0.25) is 0 Å². The molecule has 0 aliphatic carbocycles. The van der Waals surface area contributed by atoms with Crippen molar-refractivity contribution in [2.45, 2.75) is 81.3 Å². The molecule has 0 heterocycles. The van der Waals surface area contributed by atoms with Crippen LogP contribution in [0.15, 0.2) is 0 Å². The Labute approximate surface area is 115 Å².